The molecule has 2 aromatic rings. The van der Waals surface area contributed by atoms with Crippen LogP contribution in [0.4, 0.5) is 10.1 Å². The summed E-state index contributed by atoms with van der Waals surface area (Å²) >= 11 is 6.04. The van der Waals surface area contributed by atoms with Crippen LogP contribution in [0.2, 0.25) is 5.02 Å². The lowest BCUT2D eigenvalue weighted by atomic mass is 9.51. The number of aromatic hydroxyl groups is 1. The van der Waals surface area contributed by atoms with Gasteiger partial charge in [0.2, 0.25) is 23.6 Å². The number of anilines is 1. The van der Waals surface area contributed by atoms with Gasteiger partial charge in [0.05, 0.1) is 33.9 Å². The van der Waals surface area contributed by atoms with Gasteiger partial charge in [0.1, 0.15) is 11.6 Å². The van der Waals surface area contributed by atoms with Gasteiger partial charge in [0.25, 0.3) is 0 Å². The zero-order valence-electron chi connectivity index (χ0n) is 24.5. The van der Waals surface area contributed by atoms with Crippen LogP contribution < -0.4 is 4.90 Å². The number of fused-ring (bicyclic) bond motifs is 4. The lowest BCUT2D eigenvalue weighted by Crippen LogP contribution is -2.49. The number of halogens is 2. The summed E-state index contributed by atoms with van der Waals surface area (Å²) in [5.74, 6) is -7.48. The van der Waals surface area contributed by atoms with Crippen LogP contribution in [0.25, 0.3) is 0 Å². The number of allylic oxidation sites excluding steroid dienone is 3. The highest BCUT2D eigenvalue weighted by Gasteiger charge is 2.67. The van der Waals surface area contributed by atoms with Crippen LogP contribution in [0.1, 0.15) is 49.7 Å². The normalized spacial score (nSPS) is 29.0. The summed E-state index contributed by atoms with van der Waals surface area (Å²) in [5, 5.41) is 20.4. The van der Waals surface area contributed by atoms with Gasteiger partial charge in [0.15, 0.2) is 0 Å². The van der Waals surface area contributed by atoms with Gasteiger partial charge in [0, 0.05) is 24.4 Å². The molecule has 4 aliphatic rings. The number of carbonyl (C=O) groups is 5. The summed E-state index contributed by atoms with van der Waals surface area (Å²) in [6.07, 6.45) is 4.12. The molecule has 6 unspecified atom stereocenters. The highest BCUT2D eigenvalue weighted by molar-refractivity contribution is 6.31. The summed E-state index contributed by atoms with van der Waals surface area (Å²) in [5.41, 5.74) is 0.419. The van der Waals surface area contributed by atoms with E-state index >= 15 is 0 Å². The quantitative estimate of drug-likeness (QED) is 0.308. The van der Waals surface area contributed by atoms with Crippen LogP contribution in [0.15, 0.2) is 60.7 Å². The number of carboxylic acid groups (broad SMARTS) is 1. The molecule has 234 valence electrons. The predicted molar refractivity (Wildman–Crippen MR) is 162 cm³/mol. The molecule has 2 saturated heterocycles. The molecule has 6 atom stereocenters. The first-order chi connectivity index (χ1) is 21.4. The van der Waals surface area contributed by atoms with Crippen LogP contribution in [0, 0.1) is 34.9 Å². The van der Waals surface area contributed by atoms with Crippen molar-refractivity contribution < 1.29 is 38.6 Å². The molecule has 3 fully saturated rings. The maximum atomic E-state index is 14.5. The average molecular weight is 635 g/mol. The van der Waals surface area contributed by atoms with E-state index in [0.29, 0.717) is 23.1 Å². The maximum Gasteiger partial charge on any atom is 0.303 e. The SMILES string of the molecule is C=CCc1cccc(C2C3=CCC4C(=O)N(CCCC(=O)O)C(=O)C4C3CC3C(=O)N(c4ccc(F)c(Cl)c4)C(=O)C32C)c1O. The van der Waals surface area contributed by atoms with Crippen molar-refractivity contribution in [2.75, 3.05) is 11.4 Å². The zero-order chi connectivity index (χ0) is 32.4. The van der Waals surface area contributed by atoms with E-state index in [2.05, 4.69) is 6.58 Å². The lowest BCUT2D eigenvalue weighted by molar-refractivity contribution is -0.142. The highest BCUT2D eigenvalue weighted by atomic mass is 35.5. The molecule has 2 aliphatic heterocycles. The van der Waals surface area contributed by atoms with Gasteiger partial charge in [-0.05, 0) is 62.3 Å². The number of hydrogen-bond acceptors (Lipinski definition) is 6. The third-order valence-corrected chi connectivity index (χ3v) is 10.4. The van der Waals surface area contributed by atoms with Crippen LogP contribution in [-0.2, 0) is 30.4 Å². The molecule has 2 aromatic carbocycles. The molecule has 6 rings (SSSR count). The Morgan fingerprint density at radius 2 is 1.89 bits per heavy atom. The van der Waals surface area contributed by atoms with E-state index in [1.54, 1.807) is 31.2 Å². The number of aliphatic carboxylic acids is 1. The van der Waals surface area contributed by atoms with Gasteiger partial charge >= 0.3 is 5.97 Å². The summed E-state index contributed by atoms with van der Waals surface area (Å²) in [6, 6.07) is 8.83. The molecule has 0 bridgehead atoms. The maximum absolute atomic E-state index is 14.5. The van der Waals surface area contributed by atoms with Crippen LogP contribution in [-0.4, -0.2) is 51.3 Å². The van der Waals surface area contributed by atoms with E-state index in [0.717, 1.165) is 15.9 Å². The predicted octanol–water partition coefficient (Wildman–Crippen LogP) is 5.01. The summed E-state index contributed by atoms with van der Waals surface area (Å²) in [4.78, 5) is 69.2. The second-order valence-electron chi connectivity index (χ2n) is 12.4. The van der Waals surface area contributed by atoms with Crippen molar-refractivity contribution in [2.24, 2.45) is 29.1 Å². The van der Waals surface area contributed by atoms with Crippen molar-refractivity contribution in [3.05, 3.63) is 82.7 Å². The number of likely N-dealkylation sites (tertiary alicyclic amines) is 1. The fourth-order valence-corrected chi connectivity index (χ4v) is 8.24. The Morgan fingerprint density at radius 3 is 2.58 bits per heavy atom. The number of para-hydroxylation sites is 1. The van der Waals surface area contributed by atoms with Gasteiger partial charge in [-0.3, -0.25) is 28.9 Å². The Labute approximate surface area is 263 Å². The Balaban J connectivity index is 1.48. The largest absolute Gasteiger partial charge is 0.507 e. The first-order valence-corrected chi connectivity index (χ1v) is 15.3. The van der Waals surface area contributed by atoms with E-state index in [4.69, 9.17) is 16.7 Å². The monoisotopic (exact) mass is 634 g/mol. The van der Waals surface area contributed by atoms with Crippen LogP contribution in [0.3, 0.4) is 0 Å². The van der Waals surface area contributed by atoms with E-state index in [1.165, 1.54) is 12.1 Å². The fourth-order valence-electron chi connectivity index (χ4n) is 8.07. The van der Waals surface area contributed by atoms with Gasteiger partial charge in [-0.1, -0.05) is 47.5 Å². The Hall–Kier alpha value is -4.31. The molecule has 11 heteroatoms. The first-order valence-electron chi connectivity index (χ1n) is 14.9. The standard InChI is InChI=1S/C34H32ClFN2O7/c1-3-6-17-7-4-8-21(29(17)41)28-19-11-12-20-27(32(44)37(30(20)42)14-5-9-26(39)40)22(19)16-23-31(43)38(33(45)34(23,28)2)18-10-13-25(36)24(35)15-18/h3-4,7-8,10-11,13,15,20,22-23,27-28,41H,1,5-6,9,12,14,16H2,2H3,(H,39,40). The van der Waals surface area contributed by atoms with Crippen molar-refractivity contribution in [1.29, 1.82) is 0 Å². The van der Waals surface area contributed by atoms with Gasteiger partial charge in [-0.15, -0.1) is 6.58 Å². The van der Waals surface area contributed by atoms with Crippen molar-refractivity contribution in [3.8, 4) is 5.75 Å². The van der Waals surface area contributed by atoms with Crippen molar-refractivity contribution in [2.45, 2.75) is 44.9 Å². The Bertz CT molecular complexity index is 1710. The van der Waals surface area contributed by atoms with Crippen LogP contribution >= 0.6 is 11.6 Å². The minimum atomic E-state index is -1.40. The number of nitrogens with zero attached hydrogens (tertiary/aromatic N) is 2. The molecule has 45 heavy (non-hydrogen) atoms. The summed E-state index contributed by atoms with van der Waals surface area (Å²) in [7, 11) is 0. The van der Waals surface area contributed by atoms with E-state index in [1.807, 2.05) is 6.08 Å². The summed E-state index contributed by atoms with van der Waals surface area (Å²) in [6.45, 7) is 5.44. The third kappa shape index (κ3) is 4.60. The van der Waals surface area contributed by atoms with Crippen LogP contribution in [0.5, 0.6) is 5.75 Å². The smallest absolute Gasteiger partial charge is 0.303 e. The molecule has 1 saturated carbocycles. The minimum Gasteiger partial charge on any atom is -0.507 e. The van der Waals surface area contributed by atoms with Gasteiger partial charge in [-0.2, -0.15) is 0 Å². The Morgan fingerprint density at radius 1 is 1.13 bits per heavy atom. The average Bonchev–Trinajstić information content (AvgIpc) is 3.35. The first kappa shape index (κ1) is 30.7. The molecule has 4 amide bonds. The zero-order valence-corrected chi connectivity index (χ0v) is 25.3. The molecular formula is C34H32ClFN2O7. The number of rotatable bonds is 8. The lowest BCUT2D eigenvalue weighted by Gasteiger charge is -2.49. The molecular weight excluding hydrogens is 603 g/mol. The van der Waals surface area contributed by atoms with E-state index in [-0.39, 0.29) is 54.6 Å². The number of phenols is 1. The second kappa shape index (κ2) is 11.2. The van der Waals surface area contributed by atoms with Crippen molar-refractivity contribution in [3.63, 3.8) is 0 Å². The molecule has 0 spiro atoms. The number of benzene rings is 2. The number of hydrogen-bond donors (Lipinski definition) is 2. The number of imide groups is 2. The molecule has 0 radical (unpaired) electrons. The fraction of sp³-hybridized carbons (Fsp3) is 0.382. The molecule has 2 N–H and O–H groups in total. The summed E-state index contributed by atoms with van der Waals surface area (Å²) < 4.78 is 14.1. The molecule has 2 aliphatic carbocycles. The molecule has 9 nitrogen and oxygen atoms in total. The highest BCUT2D eigenvalue weighted by Crippen LogP contribution is 2.64. The number of amides is 4. The third-order valence-electron chi connectivity index (χ3n) is 10.1. The van der Waals surface area contributed by atoms with Crippen molar-refractivity contribution in [1.82, 2.24) is 4.90 Å². The number of carbonyl (C=O) groups excluding carboxylic acids is 4. The van der Waals surface area contributed by atoms with Crippen molar-refractivity contribution >= 4 is 46.9 Å². The number of carboxylic acids is 1. The molecule has 0 aromatic heterocycles. The Kier molecular flexibility index (Phi) is 7.67. The topological polar surface area (TPSA) is 132 Å². The van der Waals surface area contributed by atoms with E-state index < -0.39 is 64.5 Å². The van der Waals surface area contributed by atoms with Gasteiger partial charge < -0.3 is 10.2 Å². The van der Waals surface area contributed by atoms with Gasteiger partial charge in [-0.25, -0.2) is 9.29 Å². The van der Waals surface area contributed by atoms with E-state index in [9.17, 15) is 33.5 Å². The second-order valence-corrected chi connectivity index (χ2v) is 12.8. The minimum absolute atomic E-state index is 0.0233. The molecule has 2 heterocycles. The number of phenolic OH excluding ortho intramolecular Hbond substituents is 1.